The maximum absolute atomic E-state index is 4.61. The van der Waals surface area contributed by atoms with Crippen molar-refractivity contribution in [3.05, 3.63) is 69.4 Å². The Bertz CT molecular complexity index is 936. The number of hydrogen-bond acceptors (Lipinski definition) is 2. The zero-order chi connectivity index (χ0) is 24.8. The fourth-order valence-electron chi connectivity index (χ4n) is 4.75. The summed E-state index contributed by atoms with van der Waals surface area (Å²) in [6, 6.07) is 11.4. The van der Waals surface area contributed by atoms with E-state index in [-0.39, 0.29) is 0 Å². The van der Waals surface area contributed by atoms with Gasteiger partial charge < -0.3 is 0 Å². The topological polar surface area (TPSA) is 24.7 Å². The molecule has 2 aromatic rings. The summed E-state index contributed by atoms with van der Waals surface area (Å²) in [7, 11) is 0. The Morgan fingerprint density at radius 3 is 2.09 bits per heavy atom. The van der Waals surface area contributed by atoms with Gasteiger partial charge in [-0.15, -0.1) is 0 Å². The first-order valence-corrected chi connectivity index (χ1v) is 13.9. The van der Waals surface area contributed by atoms with E-state index >= 15 is 0 Å². The summed E-state index contributed by atoms with van der Waals surface area (Å²) in [4.78, 5) is 0. The highest BCUT2D eigenvalue weighted by Crippen LogP contribution is 2.26. The van der Waals surface area contributed by atoms with Gasteiger partial charge in [0.05, 0.1) is 11.4 Å². The number of allylic oxidation sites excluding steroid dienone is 1. The standard InChI is InChI=1S/C32H48N2/c1-7-11-14-15-18-29-23-27(19-20-28(29)16-12-8-2)22-26(6)33-34-31-21-25(5)32(10-4)30(24-31)17-13-9-3/h19-24H,7-18H2,1-6H3. The van der Waals surface area contributed by atoms with Crippen LogP contribution in [0.25, 0.3) is 6.08 Å². The molecule has 0 saturated carbocycles. The van der Waals surface area contributed by atoms with E-state index in [0.717, 1.165) is 24.2 Å². The molecule has 0 atom stereocenters. The van der Waals surface area contributed by atoms with Crippen LogP contribution >= 0.6 is 0 Å². The predicted octanol–water partition coefficient (Wildman–Crippen LogP) is 10.5. The Hall–Kier alpha value is -2.22. The minimum Gasteiger partial charge on any atom is -0.155 e. The molecule has 0 amide bonds. The first kappa shape index (κ1) is 28.0. The molecule has 0 saturated heterocycles. The van der Waals surface area contributed by atoms with E-state index in [9.17, 15) is 0 Å². The molecule has 2 nitrogen and oxygen atoms in total. The zero-order valence-electron chi connectivity index (χ0n) is 22.8. The van der Waals surface area contributed by atoms with Gasteiger partial charge in [-0.05, 0) is 110 Å². The Morgan fingerprint density at radius 2 is 1.41 bits per heavy atom. The van der Waals surface area contributed by atoms with Crippen molar-refractivity contribution >= 4 is 11.8 Å². The van der Waals surface area contributed by atoms with E-state index in [1.54, 1.807) is 0 Å². The smallest absolute Gasteiger partial charge is 0.0862 e. The summed E-state index contributed by atoms with van der Waals surface area (Å²) in [6.45, 7) is 13.3. The van der Waals surface area contributed by atoms with Crippen LogP contribution in [0, 0.1) is 6.92 Å². The molecule has 0 bridgehead atoms. The largest absolute Gasteiger partial charge is 0.155 e. The number of aryl methyl sites for hydroxylation is 4. The summed E-state index contributed by atoms with van der Waals surface area (Å²) in [5.41, 5.74) is 10.5. The summed E-state index contributed by atoms with van der Waals surface area (Å²) < 4.78 is 0. The van der Waals surface area contributed by atoms with Gasteiger partial charge in [0.2, 0.25) is 0 Å². The SMILES string of the molecule is CCCCCCc1cc(C=C(C)N=Nc2cc(C)c(CC)c(CCCC)c2)ccc1CCCC. The molecule has 0 aliphatic rings. The Kier molecular flexibility index (Phi) is 12.9. The molecule has 2 heteroatoms. The molecule has 2 aromatic carbocycles. The predicted molar refractivity (Wildman–Crippen MR) is 150 cm³/mol. The molecule has 0 heterocycles. The molecule has 0 N–H and O–H groups in total. The highest BCUT2D eigenvalue weighted by molar-refractivity contribution is 5.55. The van der Waals surface area contributed by atoms with Gasteiger partial charge in [-0.2, -0.15) is 10.2 Å². The fourth-order valence-corrected chi connectivity index (χ4v) is 4.75. The van der Waals surface area contributed by atoms with Crippen LogP contribution in [-0.2, 0) is 25.7 Å². The Labute approximate surface area is 210 Å². The van der Waals surface area contributed by atoms with E-state index in [1.807, 2.05) is 0 Å². The van der Waals surface area contributed by atoms with Gasteiger partial charge in [0, 0.05) is 0 Å². The van der Waals surface area contributed by atoms with Gasteiger partial charge in [0.15, 0.2) is 0 Å². The third-order valence-electron chi connectivity index (χ3n) is 6.73. The summed E-state index contributed by atoms with van der Waals surface area (Å²) in [5, 5.41) is 9.20. The lowest BCUT2D eigenvalue weighted by molar-refractivity contribution is 0.662. The quantitative estimate of drug-likeness (QED) is 0.186. The second-order valence-corrected chi connectivity index (χ2v) is 9.79. The van der Waals surface area contributed by atoms with Gasteiger partial charge in [0.1, 0.15) is 0 Å². The van der Waals surface area contributed by atoms with Gasteiger partial charge in [-0.1, -0.05) is 78.0 Å². The van der Waals surface area contributed by atoms with Crippen molar-refractivity contribution < 1.29 is 0 Å². The summed E-state index contributed by atoms with van der Waals surface area (Å²) in [5.74, 6) is 0. The highest BCUT2D eigenvalue weighted by Gasteiger charge is 2.07. The number of unbranched alkanes of at least 4 members (excludes halogenated alkanes) is 5. The minimum atomic E-state index is 0.950. The third-order valence-corrected chi connectivity index (χ3v) is 6.73. The second kappa shape index (κ2) is 15.6. The molecule has 0 spiro atoms. The average molecular weight is 461 g/mol. The zero-order valence-corrected chi connectivity index (χ0v) is 22.8. The first-order valence-electron chi connectivity index (χ1n) is 13.9. The van der Waals surface area contributed by atoms with Crippen molar-refractivity contribution in [2.45, 2.75) is 119 Å². The molecule has 0 unspecified atom stereocenters. The van der Waals surface area contributed by atoms with Crippen molar-refractivity contribution in [1.82, 2.24) is 0 Å². The maximum Gasteiger partial charge on any atom is 0.0862 e. The lowest BCUT2D eigenvalue weighted by atomic mass is 9.95. The lowest BCUT2D eigenvalue weighted by Crippen LogP contribution is -1.96. The van der Waals surface area contributed by atoms with Crippen molar-refractivity contribution in [3.8, 4) is 0 Å². The van der Waals surface area contributed by atoms with Gasteiger partial charge in [-0.3, -0.25) is 0 Å². The van der Waals surface area contributed by atoms with Gasteiger partial charge in [0.25, 0.3) is 0 Å². The Balaban J connectivity index is 2.20. The molecule has 0 aromatic heterocycles. The van der Waals surface area contributed by atoms with E-state index in [1.165, 1.54) is 97.6 Å². The van der Waals surface area contributed by atoms with Crippen molar-refractivity contribution in [1.29, 1.82) is 0 Å². The van der Waals surface area contributed by atoms with Crippen molar-refractivity contribution in [2.75, 3.05) is 0 Å². The van der Waals surface area contributed by atoms with E-state index in [4.69, 9.17) is 0 Å². The van der Waals surface area contributed by atoms with Crippen molar-refractivity contribution in [2.24, 2.45) is 10.2 Å². The monoisotopic (exact) mass is 460 g/mol. The highest BCUT2D eigenvalue weighted by atomic mass is 15.1. The molecule has 0 radical (unpaired) electrons. The minimum absolute atomic E-state index is 0.950. The number of benzene rings is 2. The van der Waals surface area contributed by atoms with E-state index in [2.05, 4.69) is 88.2 Å². The van der Waals surface area contributed by atoms with Crippen LogP contribution in [0.1, 0.15) is 119 Å². The molecule has 34 heavy (non-hydrogen) atoms. The van der Waals surface area contributed by atoms with Crippen LogP contribution < -0.4 is 0 Å². The normalized spacial score (nSPS) is 12.1. The molecule has 0 aliphatic heterocycles. The fraction of sp³-hybridized carbons (Fsp3) is 0.562. The van der Waals surface area contributed by atoms with Crippen LogP contribution in [0.15, 0.2) is 46.3 Å². The molecule has 2 rings (SSSR count). The van der Waals surface area contributed by atoms with E-state index in [0.29, 0.717) is 0 Å². The van der Waals surface area contributed by atoms with Crippen LogP contribution in [0.5, 0.6) is 0 Å². The molecule has 186 valence electrons. The molecule has 0 aliphatic carbocycles. The molecular weight excluding hydrogens is 412 g/mol. The maximum atomic E-state index is 4.61. The van der Waals surface area contributed by atoms with Crippen LogP contribution in [0.4, 0.5) is 5.69 Å². The summed E-state index contributed by atoms with van der Waals surface area (Å²) >= 11 is 0. The summed E-state index contributed by atoms with van der Waals surface area (Å²) in [6.07, 6.45) is 16.9. The van der Waals surface area contributed by atoms with Crippen LogP contribution in [0.2, 0.25) is 0 Å². The van der Waals surface area contributed by atoms with Crippen LogP contribution in [-0.4, -0.2) is 0 Å². The van der Waals surface area contributed by atoms with E-state index < -0.39 is 0 Å². The van der Waals surface area contributed by atoms with Gasteiger partial charge in [-0.25, -0.2) is 0 Å². The van der Waals surface area contributed by atoms with Gasteiger partial charge >= 0.3 is 0 Å². The number of azo groups is 1. The molecular formula is C32H48N2. The lowest BCUT2D eigenvalue weighted by Gasteiger charge is -2.12. The average Bonchev–Trinajstić information content (AvgIpc) is 2.83. The Morgan fingerprint density at radius 1 is 0.735 bits per heavy atom. The second-order valence-electron chi connectivity index (χ2n) is 9.79. The van der Waals surface area contributed by atoms with Crippen molar-refractivity contribution in [3.63, 3.8) is 0 Å². The van der Waals surface area contributed by atoms with Crippen LogP contribution in [0.3, 0.4) is 0 Å². The number of rotatable bonds is 15. The third kappa shape index (κ3) is 9.20. The first-order chi connectivity index (χ1) is 16.5. The number of hydrogen-bond donors (Lipinski definition) is 0. The molecule has 0 fully saturated rings. The number of nitrogens with zero attached hydrogens (tertiary/aromatic N) is 2.